The molecule has 3 amide bonds. The fourth-order valence-electron chi connectivity index (χ4n) is 4.92. The first-order chi connectivity index (χ1) is 17.4. The normalized spacial score (nSPS) is 23.6. The van der Waals surface area contributed by atoms with Gasteiger partial charge in [-0.15, -0.1) is 11.3 Å². The number of halogens is 1. The molecule has 2 fully saturated rings. The molecule has 0 bridgehead atoms. The number of ether oxygens (including phenoxy) is 1. The molecule has 186 valence electrons. The zero-order valence-electron chi connectivity index (χ0n) is 18.8. The molecule has 6 rings (SSSR count). The Kier molecular flexibility index (Phi) is 6.29. The molecule has 2 aromatic heterocycles. The molecule has 0 saturated carbocycles. The Balaban J connectivity index is 1.41. The number of imide groups is 1. The van der Waals surface area contributed by atoms with E-state index < -0.39 is 17.1 Å². The zero-order valence-corrected chi connectivity index (χ0v) is 22.0. The lowest BCUT2D eigenvalue weighted by atomic mass is 9.87. The van der Waals surface area contributed by atoms with Gasteiger partial charge in [0.15, 0.2) is 0 Å². The van der Waals surface area contributed by atoms with Gasteiger partial charge in [0, 0.05) is 33.8 Å². The molecule has 3 aliphatic rings. The number of benzene rings is 1. The number of nitrogens with zero attached hydrogens (tertiary/aromatic N) is 3. The SMILES string of the molecule is O=C(Cn1c2c(sc1=O)[C@@H](c1cccs1)[C@H]1C(=O)N(c3ccc(Cl)cc3)C(=O)[C@H]1S2)N1CCOCC1. The molecule has 3 atom stereocenters. The summed E-state index contributed by atoms with van der Waals surface area (Å²) in [5.41, 5.74) is 0.470. The zero-order chi connectivity index (χ0) is 25.0. The van der Waals surface area contributed by atoms with Crippen LogP contribution in [0.15, 0.2) is 51.6 Å². The number of carbonyl (C=O) groups excluding carboxylic acids is 3. The third-order valence-electron chi connectivity index (χ3n) is 6.64. The van der Waals surface area contributed by atoms with E-state index in [2.05, 4.69) is 0 Å². The highest BCUT2D eigenvalue weighted by Gasteiger charge is 2.57. The maximum Gasteiger partial charge on any atom is 0.308 e. The average Bonchev–Trinajstić information content (AvgIpc) is 3.58. The average molecular weight is 562 g/mol. The molecule has 2 saturated heterocycles. The first kappa shape index (κ1) is 23.9. The number of carbonyl (C=O) groups is 3. The van der Waals surface area contributed by atoms with E-state index in [1.54, 1.807) is 29.2 Å². The maximum absolute atomic E-state index is 13.7. The second kappa shape index (κ2) is 9.46. The van der Waals surface area contributed by atoms with Gasteiger partial charge in [-0.2, -0.15) is 0 Å². The molecule has 3 aliphatic heterocycles. The summed E-state index contributed by atoms with van der Waals surface area (Å²) in [7, 11) is 0. The highest BCUT2D eigenvalue weighted by atomic mass is 35.5. The van der Waals surface area contributed by atoms with Gasteiger partial charge in [0.05, 0.1) is 29.8 Å². The van der Waals surface area contributed by atoms with Gasteiger partial charge in [0.1, 0.15) is 11.8 Å². The van der Waals surface area contributed by atoms with Crippen LogP contribution in [0.5, 0.6) is 0 Å². The molecule has 8 nitrogen and oxygen atoms in total. The predicted molar refractivity (Wildman–Crippen MR) is 139 cm³/mol. The molecular weight excluding hydrogens is 542 g/mol. The van der Waals surface area contributed by atoms with Gasteiger partial charge in [-0.1, -0.05) is 40.8 Å². The van der Waals surface area contributed by atoms with Crippen molar-refractivity contribution < 1.29 is 19.1 Å². The number of thiazole rings is 1. The van der Waals surface area contributed by atoms with Gasteiger partial charge in [-0.05, 0) is 35.7 Å². The summed E-state index contributed by atoms with van der Waals surface area (Å²) < 4.78 is 6.81. The van der Waals surface area contributed by atoms with Crippen LogP contribution in [0.3, 0.4) is 0 Å². The number of thioether (sulfide) groups is 1. The summed E-state index contributed by atoms with van der Waals surface area (Å²) in [5.74, 6) is -1.86. The van der Waals surface area contributed by atoms with Crippen molar-refractivity contribution in [3.05, 3.63) is 66.2 Å². The monoisotopic (exact) mass is 561 g/mol. The smallest absolute Gasteiger partial charge is 0.308 e. The number of fused-ring (bicyclic) bond motifs is 2. The van der Waals surface area contributed by atoms with Gasteiger partial charge in [0.2, 0.25) is 17.7 Å². The number of amides is 3. The molecule has 0 N–H and O–H groups in total. The van der Waals surface area contributed by atoms with E-state index in [0.717, 1.165) is 21.1 Å². The minimum atomic E-state index is -0.702. The first-order valence-electron chi connectivity index (χ1n) is 11.4. The van der Waals surface area contributed by atoms with Gasteiger partial charge in [-0.25, -0.2) is 4.90 Å². The fraction of sp³-hybridized carbons (Fsp3) is 0.333. The van der Waals surface area contributed by atoms with Crippen molar-refractivity contribution in [2.45, 2.75) is 22.7 Å². The number of hydrogen-bond acceptors (Lipinski definition) is 8. The Bertz CT molecular complexity index is 1400. The molecule has 0 unspecified atom stereocenters. The largest absolute Gasteiger partial charge is 0.378 e. The van der Waals surface area contributed by atoms with Crippen LogP contribution in [0.25, 0.3) is 0 Å². The molecule has 12 heteroatoms. The lowest BCUT2D eigenvalue weighted by Gasteiger charge is -2.30. The van der Waals surface area contributed by atoms with Crippen LogP contribution < -0.4 is 9.77 Å². The van der Waals surface area contributed by atoms with Gasteiger partial charge >= 0.3 is 4.87 Å². The summed E-state index contributed by atoms with van der Waals surface area (Å²) >= 11 is 9.80. The molecule has 1 aromatic carbocycles. The molecular formula is C24H20ClN3O5S3. The molecule has 36 heavy (non-hydrogen) atoms. The summed E-state index contributed by atoms with van der Waals surface area (Å²) in [6.07, 6.45) is 0. The van der Waals surface area contributed by atoms with Crippen molar-refractivity contribution in [3.8, 4) is 0 Å². The van der Waals surface area contributed by atoms with Crippen LogP contribution in [0, 0.1) is 5.92 Å². The standard InChI is InChI=1S/C24H20ClN3O5S3/c25-13-3-5-14(6-4-13)28-21(30)18-17(15-2-1-11-34-15)20-23(35-19(18)22(28)31)27(24(32)36-20)12-16(29)26-7-9-33-10-8-26/h1-6,11,17-19H,7-10,12H2/t17-,18+,19-/m0/s1. The molecule has 0 aliphatic carbocycles. The molecule has 3 aromatic rings. The van der Waals surface area contributed by atoms with E-state index in [1.165, 1.54) is 32.6 Å². The number of morpholine rings is 1. The maximum atomic E-state index is 13.7. The van der Waals surface area contributed by atoms with Gasteiger partial charge in [-0.3, -0.25) is 23.7 Å². The van der Waals surface area contributed by atoms with Crippen molar-refractivity contribution in [3.63, 3.8) is 0 Å². The number of hydrogen-bond donors (Lipinski definition) is 0. The van der Waals surface area contributed by atoms with Crippen molar-refractivity contribution in [2.24, 2.45) is 5.92 Å². The van der Waals surface area contributed by atoms with Crippen molar-refractivity contribution in [2.75, 3.05) is 31.2 Å². The van der Waals surface area contributed by atoms with Crippen LogP contribution in [-0.2, 0) is 25.7 Å². The second-order valence-corrected chi connectivity index (χ2v) is 12.2. The van der Waals surface area contributed by atoms with Crippen LogP contribution in [0.2, 0.25) is 5.02 Å². The quantitative estimate of drug-likeness (QED) is 0.454. The third-order valence-corrected chi connectivity index (χ3v) is 10.5. The van der Waals surface area contributed by atoms with Crippen LogP contribution in [0.1, 0.15) is 15.7 Å². The van der Waals surface area contributed by atoms with Crippen LogP contribution >= 0.6 is 46.0 Å². The highest BCUT2D eigenvalue weighted by molar-refractivity contribution is 8.00. The summed E-state index contributed by atoms with van der Waals surface area (Å²) in [5, 5.41) is 2.33. The van der Waals surface area contributed by atoms with E-state index in [-0.39, 0.29) is 29.1 Å². The summed E-state index contributed by atoms with van der Waals surface area (Å²) in [4.78, 5) is 57.8. The minimum absolute atomic E-state index is 0.102. The van der Waals surface area contributed by atoms with E-state index in [9.17, 15) is 19.2 Å². The Labute approximate surface area is 223 Å². The van der Waals surface area contributed by atoms with Crippen LogP contribution in [0.4, 0.5) is 5.69 Å². The fourth-order valence-corrected chi connectivity index (χ4v) is 8.77. The number of aromatic nitrogens is 1. The van der Waals surface area contributed by atoms with Gasteiger partial charge in [0.25, 0.3) is 0 Å². The van der Waals surface area contributed by atoms with E-state index in [4.69, 9.17) is 16.3 Å². The Morgan fingerprint density at radius 2 is 1.81 bits per heavy atom. The molecule has 0 radical (unpaired) electrons. The lowest BCUT2D eigenvalue weighted by Crippen LogP contribution is -2.43. The summed E-state index contributed by atoms with van der Waals surface area (Å²) in [6, 6.07) is 10.4. The predicted octanol–water partition coefficient (Wildman–Crippen LogP) is 3.28. The van der Waals surface area contributed by atoms with Gasteiger partial charge < -0.3 is 9.64 Å². The number of anilines is 1. The first-order valence-corrected chi connectivity index (χ1v) is 14.3. The van der Waals surface area contributed by atoms with Crippen molar-refractivity contribution in [1.29, 1.82) is 0 Å². The van der Waals surface area contributed by atoms with E-state index >= 15 is 0 Å². The molecule has 5 heterocycles. The Morgan fingerprint density at radius 3 is 2.50 bits per heavy atom. The third kappa shape index (κ3) is 3.93. The number of thiophene rings is 1. The Hall–Kier alpha value is -2.44. The highest BCUT2D eigenvalue weighted by Crippen LogP contribution is 2.54. The second-order valence-electron chi connectivity index (χ2n) is 8.66. The van der Waals surface area contributed by atoms with Crippen LogP contribution in [-0.4, -0.2) is 58.7 Å². The minimum Gasteiger partial charge on any atom is -0.378 e. The molecule has 0 spiro atoms. The topological polar surface area (TPSA) is 88.9 Å². The number of rotatable bonds is 4. The summed E-state index contributed by atoms with van der Waals surface area (Å²) in [6.45, 7) is 1.81. The lowest BCUT2D eigenvalue weighted by molar-refractivity contribution is -0.136. The van der Waals surface area contributed by atoms with E-state index in [1.807, 2.05) is 17.5 Å². The van der Waals surface area contributed by atoms with Crippen molar-refractivity contribution in [1.82, 2.24) is 9.47 Å². The van der Waals surface area contributed by atoms with Crippen molar-refractivity contribution >= 4 is 69.4 Å². The Morgan fingerprint density at radius 1 is 1.06 bits per heavy atom. The van der Waals surface area contributed by atoms with E-state index in [0.29, 0.717) is 42.0 Å².